The maximum Gasteiger partial charge on any atom is 0.351 e. The first kappa shape index (κ1) is 17.0. The van der Waals surface area contributed by atoms with E-state index in [4.69, 9.17) is 0 Å². The number of ketones is 1. The number of pyridine rings is 1. The first-order valence-electron chi connectivity index (χ1n) is 7.80. The summed E-state index contributed by atoms with van der Waals surface area (Å²) in [5.74, 6) is -5.39. The molecule has 1 aliphatic rings. The molecule has 0 spiro atoms. The van der Waals surface area contributed by atoms with Crippen molar-refractivity contribution in [1.82, 2.24) is 4.57 Å². The lowest BCUT2D eigenvalue weighted by Crippen LogP contribution is -2.33. The molecule has 7 heteroatoms. The van der Waals surface area contributed by atoms with Gasteiger partial charge in [0.05, 0.1) is 0 Å². The summed E-state index contributed by atoms with van der Waals surface area (Å²) in [7, 11) is 1.33. The molecule has 130 valence electrons. The summed E-state index contributed by atoms with van der Waals surface area (Å²) in [5, 5.41) is 2.14. The molecule has 1 aliphatic carbocycles. The van der Waals surface area contributed by atoms with Crippen LogP contribution >= 0.6 is 0 Å². The van der Waals surface area contributed by atoms with Gasteiger partial charge < -0.3 is 9.88 Å². The number of nitrogens with one attached hydrogen (secondary N) is 1. The van der Waals surface area contributed by atoms with Crippen LogP contribution in [0.15, 0.2) is 47.4 Å². The van der Waals surface area contributed by atoms with Crippen molar-refractivity contribution in [2.24, 2.45) is 13.0 Å². The van der Waals surface area contributed by atoms with Gasteiger partial charge in [0.1, 0.15) is 0 Å². The average Bonchev–Trinajstić information content (AvgIpc) is 3.41. The molecule has 1 heterocycles. The van der Waals surface area contributed by atoms with Crippen LogP contribution in [-0.4, -0.2) is 16.3 Å². The van der Waals surface area contributed by atoms with E-state index in [2.05, 4.69) is 5.32 Å². The van der Waals surface area contributed by atoms with Gasteiger partial charge in [0.15, 0.2) is 5.78 Å². The Labute approximate surface area is 142 Å². The number of rotatable bonds is 5. The topological polar surface area (TPSA) is 68.2 Å². The van der Waals surface area contributed by atoms with Crippen LogP contribution in [-0.2, 0) is 17.8 Å². The number of anilines is 1. The molecular weight excluding hydrogens is 330 g/mol. The molecule has 1 saturated carbocycles. The number of aromatic nitrogens is 1. The van der Waals surface area contributed by atoms with Gasteiger partial charge in [0.25, 0.3) is 5.91 Å². The zero-order chi connectivity index (χ0) is 18.2. The second-order valence-corrected chi connectivity index (χ2v) is 6.11. The molecule has 1 N–H and O–H groups in total. The second-order valence-electron chi connectivity index (χ2n) is 6.11. The highest BCUT2D eigenvalue weighted by Crippen LogP contribution is 2.33. The van der Waals surface area contributed by atoms with Crippen molar-refractivity contribution in [3.63, 3.8) is 0 Å². The highest BCUT2D eigenvalue weighted by Gasteiger charge is 2.41. The Kier molecular flexibility index (Phi) is 4.24. The number of carbonyl (C=O) groups excluding carboxylic acids is 2. The Bertz CT molecular complexity index is 901. The van der Waals surface area contributed by atoms with Gasteiger partial charge in [-0.05, 0) is 31.0 Å². The molecule has 1 aromatic heterocycles. The maximum absolute atomic E-state index is 14.3. The Morgan fingerprint density at radius 2 is 1.92 bits per heavy atom. The van der Waals surface area contributed by atoms with E-state index in [1.165, 1.54) is 25.2 Å². The van der Waals surface area contributed by atoms with E-state index in [-0.39, 0.29) is 17.4 Å². The van der Waals surface area contributed by atoms with Crippen molar-refractivity contribution in [1.29, 1.82) is 0 Å². The molecule has 0 atom stereocenters. The highest BCUT2D eigenvalue weighted by molar-refractivity contribution is 6.02. The molecular formula is C18H16F2N2O3. The van der Waals surface area contributed by atoms with E-state index in [0.717, 1.165) is 35.7 Å². The van der Waals surface area contributed by atoms with Gasteiger partial charge in [0.2, 0.25) is 5.56 Å². The fourth-order valence-corrected chi connectivity index (χ4v) is 2.45. The minimum absolute atomic E-state index is 0.00185. The van der Waals surface area contributed by atoms with E-state index < -0.39 is 23.0 Å². The summed E-state index contributed by atoms with van der Waals surface area (Å²) in [4.78, 5) is 35.4. The summed E-state index contributed by atoms with van der Waals surface area (Å²) in [6.45, 7) is 0. The van der Waals surface area contributed by atoms with Gasteiger partial charge in [-0.25, -0.2) is 0 Å². The normalized spacial score (nSPS) is 14.2. The van der Waals surface area contributed by atoms with Crippen LogP contribution in [0.3, 0.4) is 0 Å². The molecule has 0 bridgehead atoms. The summed E-state index contributed by atoms with van der Waals surface area (Å²) in [5.41, 5.74) is -0.518. The Morgan fingerprint density at radius 1 is 1.20 bits per heavy atom. The van der Waals surface area contributed by atoms with Gasteiger partial charge in [0, 0.05) is 42.0 Å². The van der Waals surface area contributed by atoms with Crippen molar-refractivity contribution in [3.8, 4) is 0 Å². The van der Waals surface area contributed by atoms with Gasteiger partial charge in [-0.1, -0.05) is 12.1 Å². The van der Waals surface area contributed by atoms with Gasteiger partial charge >= 0.3 is 5.92 Å². The molecule has 0 saturated heterocycles. The number of hydrogen-bond acceptors (Lipinski definition) is 3. The first-order valence-corrected chi connectivity index (χ1v) is 7.80. The predicted octanol–water partition coefficient (Wildman–Crippen LogP) is 2.71. The quantitative estimate of drug-likeness (QED) is 0.847. The van der Waals surface area contributed by atoms with Crippen LogP contribution < -0.4 is 10.9 Å². The minimum atomic E-state index is -3.82. The van der Waals surface area contributed by atoms with Crippen molar-refractivity contribution in [2.75, 3.05) is 5.32 Å². The number of carbonyl (C=O) groups is 2. The SMILES string of the molecule is Cn1cc(C(F)(F)C(=O)Nc2cccc(C(=O)C3CC3)c2)ccc1=O. The molecule has 0 aliphatic heterocycles. The molecule has 1 aromatic carbocycles. The molecule has 25 heavy (non-hydrogen) atoms. The Balaban J connectivity index is 1.80. The lowest BCUT2D eigenvalue weighted by Gasteiger charge is -2.17. The fourth-order valence-electron chi connectivity index (χ4n) is 2.45. The molecule has 1 fully saturated rings. The van der Waals surface area contributed by atoms with Gasteiger partial charge in [-0.2, -0.15) is 8.78 Å². The smallest absolute Gasteiger partial charge is 0.321 e. The summed E-state index contributed by atoms with van der Waals surface area (Å²) in [6, 6.07) is 7.88. The number of hydrogen-bond donors (Lipinski definition) is 1. The zero-order valence-corrected chi connectivity index (χ0v) is 13.5. The highest BCUT2D eigenvalue weighted by atomic mass is 19.3. The number of amides is 1. The number of nitrogens with zero attached hydrogens (tertiary/aromatic N) is 1. The standard InChI is InChI=1S/C18H16F2N2O3/c1-22-10-13(7-8-15(22)23)18(19,20)17(25)21-14-4-2-3-12(9-14)16(24)11-5-6-11/h2-4,7-11H,5-6H2,1H3,(H,21,25). The van der Waals surface area contributed by atoms with E-state index in [1.807, 2.05) is 0 Å². The third kappa shape index (κ3) is 3.50. The van der Waals surface area contributed by atoms with Crippen molar-refractivity contribution < 1.29 is 18.4 Å². The van der Waals surface area contributed by atoms with E-state index in [9.17, 15) is 23.2 Å². The number of aryl methyl sites for hydroxylation is 1. The fraction of sp³-hybridized carbons (Fsp3) is 0.278. The first-order chi connectivity index (χ1) is 11.8. The molecule has 3 rings (SSSR count). The number of halogens is 2. The monoisotopic (exact) mass is 346 g/mol. The van der Waals surface area contributed by atoms with Crippen LogP contribution in [0.1, 0.15) is 28.8 Å². The molecule has 5 nitrogen and oxygen atoms in total. The van der Waals surface area contributed by atoms with Crippen molar-refractivity contribution in [3.05, 3.63) is 64.1 Å². The molecule has 1 amide bonds. The minimum Gasteiger partial charge on any atom is -0.321 e. The lowest BCUT2D eigenvalue weighted by atomic mass is 10.1. The van der Waals surface area contributed by atoms with E-state index >= 15 is 0 Å². The van der Waals surface area contributed by atoms with Gasteiger partial charge in [-0.15, -0.1) is 0 Å². The molecule has 2 aromatic rings. The Morgan fingerprint density at radius 3 is 2.56 bits per heavy atom. The van der Waals surface area contributed by atoms with Crippen molar-refractivity contribution >= 4 is 17.4 Å². The number of alkyl halides is 2. The summed E-state index contributed by atoms with van der Waals surface area (Å²) >= 11 is 0. The van der Waals surface area contributed by atoms with Crippen LogP contribution in [0.2, 0.25) is 0 Å². The van der Waals surface area contributed by atoms with Crippen LogP contribution in [0, 0.1) is 5.92 Å². The van der Waals surface area contributed by atoms with Gasteiger partial charge in [-0.3, -0.25) is 14.4 Å². The average molecular weight is 346 g/mol. The van der Waals surface area contributed by atoms with Crippen LogP contribution in [0.4, 0.5) is 14.5 Å². The largest absolute Gasteiger partial charge is 0.351 e. The maximum atomic E-state index is 14.3. The predicted molar refractivity (Wildman–Crippen MR) is 87.7 cm³/mol. The van der Waals surface area contributed by atoms with Crippen molar-refractivity contribution in [2.45, 2.75) is 18.8 Å². The zero-order valence-electron chi connectivity index (χ0n) is 13.5. The third-order valence-electron chi connectivity index (χ3n) is 4.09. The van der Waals surface area contributed by atoms with Crippen LogP contribution in [0.5, 0.6) is 0 Å². The second kappa shape index (κ2) is 6.23. The summed E-state index contributed by atoms with van der Waals surface area (Å²) < 4.78 is 29.7. The third-order valence-corrected chi connectivity index (χ3v) is 4.09. The lowest BCUT2D eigenvalue weighted by molar-refractivity contribution is -0.141. The van der Waals surface area contributed by atoms with Crippen LogP contribution in [0.25, 0.3) is 0 Å². The molecule has 0 unspecified atom stereocenters. The van der Waals surface area contributed by atoms with E-state index in [1.54, 1.807) is 6.07 Å². The van der Waals surface area contributed by atoms with E-state index in [0.29, 0.717) is 5.56 Å². The Hall–Kier alpha value is -2.83. The number of benzene rings is 1. The summed E-state index contributed by atoms with van der Waals surface area (Å²) in [6.07, 6.45) is 2.59. The number of Topliss-reactive ketones (excluding diaryl/α,β-unsaturated/α-hetero) is 1. The molecule has 0 radical (unpaired) electrons.